The van der Waals surface area contributed by atoms with Gasteiger partial charge in [0.25, 0.3) is 0 Å². The maximum Gasteiger partial charge on any atom is 0.220 e. The number of ether oxygens (including phenoxy) is 1. The highest BCUT2D eigenvalue weighted by atomic mass is 16.5. The zero-order valence-corrected chi connectivity index (χ0v) is 18.9. The first-order chi connectivity index (χ1) is 14.4. The number of carbonyl (C=O) groups is 1. The second-order valence-corrected chi connectivity index (χ2v) is 8.67. The zero-order valence-electron chi connectivity index (χ0n) is 18.9. The summed E-state index contributed by atoms with van der Waals surface area (Å²) in [4.78, 5) is 15.2. The molecule has 0 spiro atoms. The largest absolute Gasteiger partial charge is 0.379 e. The molecule has 3 rings (SSSR count). The van der Waals surface area contributed by atoms with E-state index in [1.165, 1.54) is 11.3 Å². The number of rotatable bonds is 9. The average Bonchev–Trinajstić information content (AvgIpc) is 2.99. The van der Waals surface area contributed by atoms with Gasteiger partial charge in [-0.15, -0.1) is 0 Å². The predicted molar refractivity (Wildman–Crippen MR) is 119 cm³/mol. The molecule has 1 atom stereocenters. The van der Waals surface area contributed by atoms with Gasteiger partial charge in [0.1, 0.15) is 0 Å². The fraction of sp³-hybridized carbons (Fsp3) is 0.583. The Morgan fingerprint density at radius 2 is 1.83 bits per heavy atom. The lowest BCUT2D eigenvalue weighted by Crippen LogP contribution is -2.43. The Morgan fingerprint density at radius 3 is 2.50 bits per heavy atom. The quantitative estimate of drug-likeness (QED) is 0.687. The molecule has 0 saturated carbocycles. The lowest BCUT2D eigenvalue weighted by molar-refractivity contribution is -0.122. The summed E-state index contributed by atoms with van der Waals surface area (Å²) < 4.78 is 7.55. The van der Waals surface area contributed by atoms with Gasteiger partial charge in [-0.2, -0.15) is 5.10 Å². The molecule has 0 bridgehead atoms. The Hall–Kier alpha value is -2.18. The Morgan fingerprint density at radius 1 is 1.13 bits per heavy atom. The van der Waals surface area contributed by atoms with Crippen LogP contribution in [0, 0.1) is 19.8 Å². The molecule has 2 heterocycles. The second kappa shape index (κ2) is 10.7. The average molecular weight is 413 g/mol. The number of amides is 1. The molecule has 1 aliphatic rings. The van der Waals surface area contributed by atoms with E-state index in [0.717, 1.165) is 57.1 Å². The lowest BCUT2D eigenvalue weighted by Gasteiger charge is -2.31. The molecule has 30 heavy (non-hydrogen) atoms. The molecule has 1 aromatic heterocycles. The van der Waals surface area contributed by atoms with Gasteiger partial charge < -0.3 is 10.1 Å². The van der Waals surface area contributed by atoms with Crippen LogP contribution in [0.15, 0.2) is 30.3 Å². The maximum absolute atomic E-state index is 12.9. The van der Waals surface area contributed by atoms with E-state index < -0.39 is 0 Å². The van der Waals surface area contributed by atoms with Crippen LogP contribution in [0.4, 0.5) is 0 Å². The second-order valence-electron chi connectivity index (χ2n) is 8.67. The molecule has 1 amide bonds. The molecular formula is C24H36N4O2. The van der Waals surface area contributed by atoms with E-state index in [9.17, 15) is 4.79 Å². The summed E-state index contributed by atoms with van der Waals surface area (Å²) in [6, 6.07) is 10.2. The molecule has 0 radical (unpaired) electrons. The summed E-state index contributed by atoms with van der Waals surface area (Å²) in [5.74, 6) is 0.637. The van der Waals surface area contributed by atoms with Gasteiger partial charge in [0, 0.05) is 38.3 Å². The van der Waals surface area contributed by atoms with Crippen molar-refractivity contribution < 1.29 is 9.53 Å². The fourth-order valence-electron chi connectivity index (χ4n) is 4.09. The van der Waals surface area contributed by atoms with Crippen LogP contribution in [0.1, 0.15) is 48.8 Å². The summed E-state index contributed by atoms with van der Waals surface area (Å²) in [6.07, 6.45) is 1.20. The Labute approximate surface area is 180 Å². The number of benzene rings is 1. The highest BCUT2D eigenvalue weighted by Crippen LogP contribution is 2.18. The number of hydrogen-bond donors (Lipinski definition) is 1. The number of hydrogen-bond acceptors (Lipinski definition) is 4. The fourth-order valence-corrected chi connectivity index (χ4v) is 4.09. The summed E-state index contributed by atoms with van der Waals surface area (Å²) in [7, 11) is 0. The van der Waals surface area contributed by atoms with Crippen LogP contribution in [-0.4, -0.2) is 53.4 Å². The van der Waals surface area contributed by atoms with Crippen LogP contribution in [0.5, 0.6) is 0 Å². The topological polar surface area (TPSA) is 59.4 Å². The van der Waals surface area contributed by atoms with E-state index in [-0.39, 0.29) is 11.9 Å². The molecule has 0 aliphatic carbocycles. The number of morpholine rings is 1. The third-order valence-corrected chi connectivity index (χ3v) is 5.75. The van der Waals surface area contributed by atoms with Crippen molar-refractivity contribution in [2.24, 2.45) is 5.92 Å². The summed E-state index contributed by atoms with van der Waals surface area (Å²) in [5.41, 5.74) is 4.57. The number of aryl methyl sites for hydroxylation is 1. The van der Waals surface area contributed by atoms with E-state index in [0.29, 0.717) is 12.3 Å². The van der Waals surface area contributed by atoms with Crippen LogP contribution >= 0.6 is 0 Å². The van der Waals surface area contributed by atoms with Gasteiger partial charge in [-0.25, -0.2) is 0 Å². The van der Waals surface area contributed by atoms with Crippen molar-refractivity contribution in [3.05, 3.63) is 52.8 Å². The van der Waals surface area contributed by atoms with E-state index >= 15 is 0 Å². The molecule has 164 valence electrons. The maximum atomic E-state index is 12.9. The van der Waals surface area contributed by atoms with Crippen LogP contribution in [0.3, 0.4) is 0 Å². The van der Waals surface area contributed by atoms with Crippen LogP contribution in [-0.2, 0) is 22.5 Å². The Balaban J connectivity index is 1.62. The van der Waals surface area contributed by atoms with E-state index in [1.807, 2.05) is 25.1 Å². The minimum atomic E-state index is -0.0114. The molecule has 1 aliphatic heterocycles. The third-order valence-electron chi connectivity index (χ3n) is 5.75. The van der Waals surface area contributed by atoms with E-state index in [1.54, 1.807) is 0 Å². The Bertz CT molecular complexity index is 810. The number of nitrogens with one attached hydrogen (secondary N) is 1. The number of carbonyl (C=O) groups excluding carboxylic acids is 1. The van der Waals surface area contributed by atoms with Crippen molar-refractivity contribution in [2.45, 2.75) is 53.1 Å². The molecule has 2 aromatic rings. The van der Waals surface area contributed by atoms with Crippen molar-refractivity contribution in [3.63, 3.8) is 0 Å². The highest BCUT2D eigenvalue weighted by molar-refractivity contribution is 5.76. The van der Waals surface area contributed by atoms with Crippen molar-refractivity contribution in [2.75, 3.05) is 32.8 Å². The van der Waals surface area contributed by atoms with Gasteiger partial charge in [-0.3, -0.25) is 14.4 Å². The minimum absolute atomic E-state index is 0.0114. The van der Waals surface area contributed by atoms with E-state index in [2.05, 4.69) is 52.9 Å². The van der Waals surface area contributed by atoms with Crippen molar-refractivity contribution in [1.82, 2.24) is 20.0 Å². The first-order valence-corrected chi connectivity index (χ1v) is 11.1. The minimum Gasteiger partial charge on any atom is -0.379 e. The number of aromatic nitrogens is 2. The SMILES string of the molecule is Cc1nn(CC(C)C)c(C)c1CCC(=O)NC(CN1CCOCC1)c1ccccc1. The highest BCUT2D eigenvalue weighted by Gasteiger charge is 2.21. The van der Waals surface area contributed by atoms with Gasteiger partial charge >= 0.3 is 0 Å². The van der Waals surface area contributed by atoms with Crippen molar-refractivity contribution >= 4 is 5.91 Å². The van der Waals surface area contributed by atoms with Crippen molar-refractivity contribution in [1.29, 1.82) is 0 Å². The van der Waals surface area contributed by atoms with Crippen LogP contribution < -0.4 is 5.32 Å². The van der Waals surface area contributed by atoms with Gasteiger partial charge in [0.05, 0.1) is 24.9 Å². The summed E-state index contributed by atoms with van der Waals surface area (Å²) >= 11 is 0. The smallest absolute Gasteiger partial charge is 0.220 e. The van der Waals surface area contributed by atoms with Gasteiger partial charge in [0.15, 0.2) is 0 Å². The molecule has 1 fully saturated rings. The molecular weight excluding hydrogens is 376 g/mol. The summed E-state index contributed by atoms with van der Waals surface area (Å²) in [6.45, 7) is 13.6. The molecule has 1 aromatic carbocycles. The molecule has 6 nitrogen and oxygen atoms in total. The first kappa shape index (κ1) is 22.5. The van der Waals surface area contributed by atoms with Gasteiger partial charge in [0.2, 0.25) is 5.91 Å². The standard InChI is InChI=1S/C24H36N4O2/c1-18(2)16-28-20(4)22(19(3)26-28)10-11-24(29)25-23(21-8-6-5-7-9-21)17-27-12-14-30-15-13-27/h5-9,18,23H,10-17H2,1-4H3,(H,25,29). The van der Waals surface area contributed by atoms with Crippen LogP contribution in [0.2, 0.25) is 0 Å². The molecule has 1 saturated heterocycles. The number of nitrogens with zero attached hydrogens (tertiary/aromatic N) is 3. The summed E-state index contributed by atoms with van der Waals surface area (Å²) in [5, 5.41) is 7.96. The molecule has 6 heteroatoms. The van der Waals surface area contributed by atoms with Gasteiger partial charge in [-0.05, 0) is 37.3 Å². The van der Waals surface area contributed by atoms with E-state index in [4.69, 9.17) is 4.74 Å². The first-order valence-electron chi connectivity index (χ1n) is 11.1. The lowest BCUT2D eigenvalue weighted by atomic mass is 10.0. The molecule has 1 unspecified atom stereocenters. The monoisotopic (exact) mass is 412 g/mol. The predicted octanol–water partition coefficient (Wildman–Crippen LogP) is 3.28. The third kappa shape index (κ3) is 6.16. The molecule has 1 N–H and O–H groups in total. The Kier molecular flexibility index (Phi) is 8.05. The van der Waals surface area contributed by atoms with Gasteiger partial charge in [-0.1, -0.05) is 44.2 Å². The van der Waals surface area contributed by atoms with Crippen LogP contribution in [0.25, 0.3) is 0 Å². The van der Waals surface area contributed by atoms with Crippen molar-refractivity contribution in [3.8, 4) is 0 Å². The normalized spacial score (nSPS) is 16.0. The zero-order chi connectivity index (χ0) is 21.5.